The third kappa shape index (κ3) is 7.29. The van der Waals surface area contributed by atoms with Crippen LogP contribution in [0, 0.1) is 6.92 Å². The molecule has 13 heteroatoms. The van der Waals surface area contributed by atoms with Crippen LogP contribution in [0.4, 0.5) is 10.5 Å². The van der Waals surface area contributed by atoms with E-state index >= 15 is 0 Å². The van der Waals surface area contributed by atoms with Crippen LogP contribution >= 0.6 is 35.0 Å². The second-order valence-corrected chi connectivity index (χ2v) is 11.7. The summed E-state index contributed by atoms with van der Waals surface area (Å²) in [7, 11) is 0. The molecule has 228 valence electrons. The van der Waals surface area contributed by atoms with Gasteiger partial charge in [-0.1, -0.05) is 41.4 Å². The smallest absolute Gasteiger partial charge is 0.414 e. The molecule has 5 rings (SSSR count). The van der Waals surface area contributed by atoms with E-state index in [1.165, 1.54) is 6.07 Å². The van der Waals surface area contributed by atoms with E-state index in [1.807, 2.05) is 37.4 Å². The number of ether oxygens (including phenoxy) is 2. The van der Waals surface area contributed by atoms with Crippen molar-refractivity contribution < 1.29 is 29.0 Å². The van der Waals surface area contributed by atoms with Gasteiger partial charge in [0.15, 0.2) is 0 Å². The van der Waals surface area contributed by atoms with Crippen LogP contribution in [0.3, 0.4) is 0 Å². The highest BCUT2D eigenvalue weighted by Crippen LogP contribution is 2.42. The number of aromatic nitrogens is 2. The molecule has 2 heterocycles. The van der Waals surface area contributed by atoms with Gasteiger partial charge in [-0.15, -0.1) is 11.8 Å². The fourth-order valence-corrected chi connectivity index (χ4v) is 6.12. The average molecular weight is 656 g/mol. The summed E-state index contributed by atoms with van der Waals surface area (Å²) in [6.45, 7) is 2.46. The van der Waals surface area contributed by atoms with Gasteiger partial charge in [-0.25, -0.2) is 4.79 Å². The molecule has 4 aromatic rings. The van der Waals surface area contributed by atoms with Crippen LogP contribution in [0.1, 0.15) is 21.5 Å². The van der Waals surface area contributed by atoms with Gasteiger partial charge in [-0.05, 0) is 48.9 Å². The molecule has 0 bridgehead atoms. The molecule has 0 radical (unpaired) electrons. The van der Waals surface area contributed by atoms with Gasteiger partial charge in [0, 0.05) is 55.7 Å². The molecule has 10 nitrogen and oxygen atoms in total. The van der Waals surface area contributed by atoms with E-state index in [1.54, 1.807) is 51.8 Å². The second-order valence-electron chi connectivity index (χ2n) is 9.79. The number of carboxylic acid groups (broad SMARTS) is 1. The number of nitrogens with one attached hydrogen (secondary N) is 1. The monoisotopic (exact) mass is 654 g/mol. The van der Waals surface area contributed by atoms with E-state index in [2.05, 4.69) is 10.4 Å². The van der Waals surface area contributed by atoms with Crippen molar-refractivity contribution in [2.45, 2.75) is 18.4 Å². The summed E-state index contributed by atoms with van der Waals surface area (Å²) in [4.78, 5) is 38.8. The number of benzene rings is 3. The van der Waals surface area contributed by atoms with Crippen molar-refractivity contribution in [2.24, 2.45) is 0 Å². The Hall–Kier alpha value is -4.19. The minimum absolute atomic E-state index is 0.0845. The Morgan fingerprint density at radius 2 is 1.89 bits per heavy atom. The van der Waals surface area contributed by atoms with Gasteiger partial charge in [0.25, 0.3) is 5.91 Å². The number of carbonyl (C=O) groups is 3. The van der Waals surface area contributed by atoms with E-state index < -0.39 is 24.5 Å². The largest absolute Gasteiger partial charge is 0.490 e. The Kier molecular flexibility index (Phi) is 9.99. The Bertz CT molecular complexity index is 1710. The molecule has 0 unspecified atom stereocenters. The predicted molar refractivity (Wildman–Crippen MR) is 169 cm³/mol. The standard InChI is InChI=1S/C31H28Cl2N4O6S/c1-19-24(32)5-3-7-27(19)42-11-12-43-31(41)37-10-13-44-29-23(4-2-6-26(29)37)22-15-35-36(18-22)17-21-14-20(8-9-25(21)33)30(40)34-16-28(38)39/h2-9,14-15,18H,10-13,16-17H2,1H3,(H,34,40)(H,38,39). The van der Waals surface area contributed by atoms with Gasteiger partial charge in [0.05, 0.1) is 18.4 Å². The normalized spacial score (nSPS) is 12.4. The van der Waals surface area contributed by atoms with Crippen molar-refractivity contribution in [1.82, 2.24) is 15.1 Å². The van der Waals surface area contributed by atoms with Crippen LogP contribution in [0.15, 0.2) is 71.9 Å². The topological polar surface area (TPSA) is 123 Å². The summed E-state index contributed by atoms with van der Waals surface area (Å²) in [6.07, 6.45) is 3.16. The van der Waals surface area contributed by atoms with Crippen molar-refractivity contribution >= 4 is 58.6 Å². The third-order valence-electron chi connectivity index (χ3n) is 6.84. The van der Waals surface area contributed by atoms with E-state index in [9.17, 15) is 14.4 Å². The highest BCUT2D eigenvalue weighted by molar-refractivity contribution is 7.99. The predicted octanol–water partition coefficient (Wildman–Crippen LogP) is 6.16. The van der Waals surface area contributed by atoms with Crippen LogP contribution in [-0.2, 0) is 16.1 Å². The van der Waals surface area contributed by atoms with Gasteiger partial charge in [-0.2, -0.15) is 5.10 Å². The molecule has 0 saturated carbocycles. The average Bonchev–Trinajstić information content (AvgIpc) is 3.48. The molecule has 0 atom stereocenters. The zero-order chi connectivity index (χ0) is 31.2. The molecular weight excluding hydrogens is 627 g/mol. The Labute approximate surface area is 267 Å². The van der Waals surface area contributed by atoms with Crippen LogP contribution in [0.2, 0.25) is 10.0 Å². The van der Waals surface area contributed by atoms with E-state index in [4.69, 9.17) is 37.8 Å². The minimum atomic E-state index is -1.13. The third-order valence-corrected chi connectivity index (χ3v) is 8.72. The lowest BCUT2D eigenvalue weighted by molar-refractivity contribution is -0.135. The number of thioether (sulfide) groups is 1. The van der Waals surface area contributed by atoms with Gasteiger partial charge < -0.3 is 19.9 Å². The van der Waals surface area contributed by atoms with E-state index in [-0.39, 0.29) is 19.8 Å². The Morgan fingerprint density at radius 1 is 1.07 bits per heavy atom. The first-order chi connectivity index (χ1) is 21.2. The molecule has 3 aromatic carbocycles. The molecule has 1 aliphatic rings. The van der Waals surface area contributed by atoms with Gasteiger partial charge in [-0.3, -0.25) is 19.2 Å². The number of anilines is 1. The number of hydrogen-bond donors (Lipinski definition) is 2. The first-order valence-electron chi connectivity index (χ1n) is 13.6. The number of halogens is 2. The van der Waals surface area contributed by atoms with Crippen LogP contribution in [0.25, 0.3) is 11.1 Å². The Morgan fingerprint density at radius 3 is 2.70 bits per heavy atom. The molecule has 44 heavy (non-hydrogen) atoms. The van der Waals surface area contributed by atoms with Crippen LogP contribution < -0.4 is 15.0 Å². The molecule has 0 saturated heterocycles. The summed E-state index contributed by atoms with van der Waals surface area (Å²) < 4.78 is 13.0. The van der Waals surface area contributed by atoms with Crippen LogP contribution in [0.5, 0.6) is 5.75 Å². The highest BCUT2D eigenvalue weighted by atomic mass is 35.5. The van der Waals surface area contributed by atoms with Gasteiger partial charge in [0.1, 0.15) is 25.5 Å². The van der Waals surface area contributed by atoms with E-state index in [0.717, 1.165) is 27.3 Å². The lowest BCUT2D eigenvalue weighted by Gasteiger charge is -2.29. The van der Waals surface area contributed by atoms with Gasteiger partial charge in [0.2, 0.25) is 0 Å². The first kappa shape index (κ1) is 31.2. The number of aliphatic carboxylic acids is 1. The maximum absolute atomic E-state index is 13.1. The number of amides is 2. The number of carboxylic acids is 1. The molecule has 2 N–H and O–H groups in total. The number of hydrogen-bond acceptors (Lipinski definition) is 7. The number of carbonyl (C=O) groups excluding carboxylic acids is 2. The summed E-state index contributed by atoms with van der Waals surface area (Å²) in [6, 6.07) is 15.9. The summed E-state index contributed by atoms with van der Waals surface area (Å²) in [5.41, 5.74) is 4.30. The maximum atomic E-state index is 13.1. The molecule has 1 aliphatic heterocycles. The van der Waals surface area contributed by atoms with Crippen molar-refractivity contribution in [2.75, 3.05) is 37.0 Å². The molecule has 1 aromatic heterocycles. The molecule has 0 aliphatic carbocycles. The number of fused-ring (bicyclic) bond motifs is 1. The number of nitrogens with zero attached hydrogens (tertiary/aromatic N) is 3. The number of rotatable bonds is 10. The lowest BCUT2D eigenvalue weighted by Crippen LogP contribution is -2.36. The SMILES string of the molecule is Cc1c(Cl)cccc1OCCOC(=O)N1CCSc2c(-c3cnn(Cc4cc(C(=O)NCC(=O)O)ccc4Cl)c3)cccc21. The molecule has 2 amide bonds. The van der Waals surface area contributed by atoms with Crippen LogP contribution in [-0.4, -0.2) is 64.9 Å². The Balaban J connectivity index is 1.26. The first-order valence-corrected chi connectivity index (χ1v) is 15.3. The minimum Gasteiger partial charge on any atom is -0.490 e. The quantitative estimate of drug-likeness (QED) is 0.195. The summed E-state index contributed by atoms with van der Waals surface area (Å²) >= 11 is 14.2. The fraction of sp³-hybridized carbons (Fsp3) is 0.226. The van der Waals surface area contributed by atoms with Crippen molar-refractivity contribution in [3.63, 3.8) is 0 Å². The summed E-state index contributed by atoms with van der Waals surface area (Å²) in [5, 5.41) is 16.7. The fourth-order valence-electron chi connectivity index (χ4n) is 4.63. The second kappa shape index (κ2) is 14.1. The van der Waals surface area contributed by atoms with Gasteiger partial charge >= 0.3 is 12.1 Å². The lowest BCUT2D eigenvalue weighted by atomic mass is 10.1. The molecule has 0 fully saturated rings. The van der Waals surface area contributed by atoms with Crippen molar-refractivity contribution in [3.8, 4) is 16.9 Å². The molecular formula is C31H28Cl2N4O6S. The maximum Gasteiger partial charge on any atom is 0.414 e. The zero-order valence-corrected chi connectivity index (χ0v) is 25.9. The highest BCUT2D eigenvalue weighted by Gasteiger charge is 2.27. The zero-order valence-electron chi connectivity index (χ0n) is 23.6. The molecule has 0 spiro atoms. The van der Waals surface area contributed by atoms with Crippen molar-refractivity contribution in [1.29, 1.82) is 0 Å². The summed E-state index contributed by atoms with van der Waals surface area (Å²) in [5.74, 6) is -0.300. The van der Waals surface area contributed by atoms with E-state index in [0.29, 0.717) is 39.2 Å². The van der Waals surface area contributed by atoms with Crippen molar-refractivity contribution in [3.05, 3.63) is 93.7 Å².